The van der Waals surface area contributed by atoms with E-state index in [4.69, 9.17) is 4.74 Å². The minimum absolute atomic E-state index is 0.242. The molecule has 0 saturated heterocycles. The highest BCUT2D eigenvalue weighted by molar-refractivity contribution is 7.98. The Morgan fingerprint density at radius 2 is 1.77 bits per heavy atom. The van der Waals surface area contributed by atoms with Crippen LogP contribution in [0.1, 0.15) is 29.8 Å². The summed E-state index contributed by atoms with van der Waals surface area (Å²) in [5, 5.41) is 0. The Morgan fingerprint density at radius 3 is 2.27 bits per heavy atom. The molecule has 0 unspecified atom stereocenters. The maximum absolute atomic E-state index is 13.1. The predicted octanol–water partition coefficient (Wildman–Crippen LogP) is 4.11. The topological polar surface area (TPSA) is 63.7 Å². The van der Waals surface area contributed by atoms with Crippen LogP contribution in [0.5, 0.6) is 0 Å². The smallest absolute Gasteiger partial charge is 0.338 e. The minimum Gasteiger partial charge on any atom is -0.462 e. The van der Waals surface area contributed by atoms with Crippen molar-refractivity contribution in [2.75, 3.05) is 23.7 Å². The molecule has 0 aliphatic carbocycles. The number of aryl methyl sites for hydroxylation is 1. The Balaban J connectivity index is 2.41. The molecular formula is C19H23NO4S2. The molecule has 0 N–H and O–H groups in total. The first-order valence-electron chi connectivity index (χ1n) is 8.29. The number of carbonyl (C=O) groups is 1. The van der Waals surface area contributed by atoms with Crippen LogP contribution < -0.4 is 4.31 Å². The van der Waals surface area contributed by atoms with Gasteiger partial charge in [-0.15, -0.1) is 11.8 Å². The molecule has 0 aliphatic heterocycles. The van der Waals surface area contributed by atoms with Gasteiger partial charge in [0.1, 0.15) is 0 Å². The zero-order chi connectivity index (χ0) is 19.3. The molecule has 0 atom stereocenters. The molecule has 7 heteroatoms. The Labute approximate surface area is 159 Å². The molecule has 2 aromatic carbocycles. The van der Waals surface area contributed by atoms with Crippen LogP contribution in [0.3, 0.4) is 0 Å². The Hall–Kier alpha value is -1.99. The van der Waals surface area contributed by atoms with Crippen LogP contribution in [0.25, 0.3) is 0 Å². The molecule has 0 radical (unpaired) electrons. The third-order valence-corrected chi connectivity index (χ3v) is 6.56. The van der Waals surface area contributed by atoms with E-state index in [9.17, 15) is 13.2 Å². The van der Waals surface area contributed by atoms with Gasteiger partial charge < -0.3 is 4.74 Å². The molecule has 0 fully saturated rings. The third kappa shape index (κ3) is 4.22. The summed E-state index contributed by atoms with van der Waals surface area (Å²) in [5.74, 6) is -0.416. The van der Waals surface area contributed by atoms with Gasteiger partial charge in [-0.2, -0.15) is 0 Å². The summed E-state index contributed by atoms with van der Waals surface area (Å²) in [6.07, 6.45) is 1.94. The molecule has 0 spiro atoms. The number of esters is 1. The average molecular weight is 394 g/mol. The fourth-order valence-corrected chi connectivity index (χ4v) is 4.57. The Bertz CT molecular complexity index is 877. The summed E-state index contributed by atoms with van der Waals surface area (Å²) in [7, 11) is -3.69. The van der Waals surface area contributed by atoms with Crippen molar-refractivity contribution in [3.8, 4) is 0 Å². The molecule has 2 rings (SSSR count). The summed E-state index contributed by atoms with van der Waals surface area (Å²) in [6.45, 7) is 5.89. The number of hydrogen-bond donors (Lipinski definition) is 0. The average Bonchev–Trinajstić information content (AvgIpc) is 2.63. The highest BCUT2D eigenvalue weighted by Gasteiger charge is 2.25. The summed E-state index contributed by atoms with van der Waals surface area (Å²) < 4.78 is 32.5. The van der Waals surface area contributed by atoms with Gasteiger partial charge in [0, 0.05) is 11.4 Å². The van der Waals surface area contributed by atoms with Crippen molar-refractivity contribution in [1.29, 1.82) is 0 Å². The van der Waals surface area contributed by atoms with Crippen LogP contribution in [-0.4, -0.2) is 33.8 Å². The molecule has 2 aromatic rings. The number of hydrogen-bond acceptors (Lipinski definition) is 5. The summed E-state index contributed by atoms with van der Waals surface area (Å²) >= 11 is 1.56. The van der Waals surface area contributed by atoms with E-state index in [2.05, 4.69) is 0 Å². The van der Waals surface area contributed by atoms with E-state index in [1.807, 2.05) is 6.26 Å². The van der Waals surface area contributed by atoms with Gasteiger partial charge in [0.25, 0.3) is 10.0 Å². The van der Waals surface area contributed by atoms with Crippen molar-refractivity contribution in [1.82, 2.24) is 0 Å². The van der Waals surface area contributed by atoms with Gasteiger partial charge in [-0.1, -0.05) is 0 Å². The molecular weight excluding hydrogens is 370 g/mol. The van der Waals surface area contributed by atoms with Gasteiger partial charge in [-0.25, -0.2) is 13.2 Å². The maximum atomic E-state index is 13.1. The second-order valence-corrected chi connectivity index (χ2v) is 8.31. The molecule has 26 heavy (non-hydrogen) atoms. The monoisotopic (exact) mass is 393 g/mol. The number of nitrogens with zero attached hydrogens (tertiary/aromatic N) is 1. The van der Waals surface area contributed by atoms with Gasteiger partial charge in [0.15, 0.2) is 0 Å². The van der Waals surface area contributed by atoms with E-state index in [-0.39, 0.29) is 11.4 Å². The SMILES string of the molecule is CCOC(=O)c1ccc(N(CC)S(=O)(=O)c2ccc(SC)cc2)c(C)c1. The minimum atomic E-state index is -3.69. The van der Waals surface area contributed by atoms with Crippen molar-refractivity contribution in [3.63, 3.8) is 0 Å². The fraction of sp³-hybridized carbons (Fsp3) is 0.316. The molecule has 0 amide bonds. The van der Waals surface area contributed by atoms with E-state index in [1.54, 1.807) is 75.0 Å². The first kappa shape index (κ1) is 20.3. The standard InChI is InChI=1S/C19H23NO4S2/c1-5-20(26(22,23)17-10-8-16(25-4)9-11-17)18-12-7-15(13-14(18)3)19(21)24-6-2/h7-13H,5-6H2,1-4H3. The van der Waals surface area contributed by atoms with Gasteiger partial charge in [-0.05, 0) is 75.1 Å². The second kappa shape index (κ2) is 8.60. The number of benzene rings is 2. The summed E-state index contributed by atoms with van der Waals surface area (Å²) in [5.41, 5.74) is 1.65. The van der Waals surface area contributed by atoms with Crippen molar-refractivity contribution in [2.45, 2.75) is 30.6 Å². The van der Waals surface area contributed by atoms with E-state index < -0.39 is 16.0 Å². The summed E-state index contributed by atoms with van der Waals surface area (Å²) in [4.78, 5) is 13.1. The van der Waals surface area contributed by atoms with E-state index in [1.165, 1.54) is 4.31 Å². The van der Waals surface area contributed by atoms with Crippen molar-refractivity contribution in [2.24, 2.45) is 0 Å². The molecule has 140 valence electrons. The Morgan fingerprint density at radius 1 is 1.12 bits per heavy atom. The Kier molecular flexibility index (Phi) is 6.72. The molecule has 0 bridgehead atoms. The molecule has 0 heterocycles. The van der Waals surface area contributed by atoms with Crippen molar-refractivity contribution < 1.29 is 17.9 Å². The predicted molar refractivity (Wildman–Crippen MR) is 106 cm³/mol. The largest absolute Gasteiger partial charge is 0.462 e. The number of anilines is 1. The maximum Gasteiger partial charge on any atom is 0.338 e. The molecule has 0 aliphatic rings. The van der Waals surface area contributed by atoms with Crippen LogP contribution >= 0.6 is 11.8 Å². The molecule has 0 aromatic heterocycles. The highest BCUT2D eigenvalue weighted by atomic mass is 32.2. The lowest BCUT2D eigenvalue weighted by Crippen LogP contribution is -2.31. The lowest BCUT2D eigenvalue weighted by Gasteiger charge is -2.25. The number of sulfonamides is 1. The zero-order valence-corrected chi connectivity index (χ0v) is 17.0. The highest BCUT2D eigenvalue weighted by Crippen LogP contribution is 2.28. The van der Waals surface area contributed by atoms with Gasteiger partial charge in [0.05, 0.1) is 22.8 Å². The normalized spacial score (nSPS) is 11.2. The lowest BCUT2D eigenvalue weighted by atomic mass is 10.1. The fourth-order valence-electron chi connectivity index (χ4n) is 2.62. The number of carbonyl (C=O) groups excluding carboxylic acids is 1. The van der Waals surface area contributed by atoms with Gasteiger partial charge >= 0.3 is 5.97 Å². The van der Waals surface area contributed by atoms with Gasteiger partial charge in [-0.3, -0.25) is 4.31 Å². The first-order valence-corrected chi connectivity index (χ1v) is 11.0. The van der Waals surface area contributed by atoms with Crippen molar-refractivity contribution in [3.05, 3.63) is 53.6 Å². The lowest BCUT2D eigenvalue weighted by molar-refractivity contribution is 0.0526. The quantitative estimate of drug-likeness (QED) is 0.523. The molecule has 5 nitrogen and oxygen atoms in total. The zero-order valence-electron chi connectivity index (χ0n) is 15.4. The van der Waals surface area contributed by atoms with E-state index in [0.29, 0.717) is 23.4 Å². The van der Waals surface area contributed by atoms with E-state index in [0.717, 1.165) is 4.90 Å². The van der Waals surface area contributed by atoms with E-state index >= 15 is 0 Å². The van der Waals surface area contributed by atoms with Crippen LogP contribution in [0.4, 0.5) is 5.69 Å². The third-order valence-electron chi connectivity index (χ3n) is 3.91. The number of rotatable bonds is 7. The van der Waals surface area contributed by atoms with Crippen LogP contribution in [-0.2, 0) is 14.8 Å². The first-order chi connectivity index (χ1) is 12.3. The molecule has 0 saturated carbocycles. The van der Waals surface area contributed by atoms with Gasteiger partial charge in [0.2, 0.25) is 0 Å². The van der Waals surface area contributed by atoms with Crippen molar-refractivity contribution >= 4 is 33.4 Å². The van der Waals surface area contributed by atoms with Crippen LogP contribution in [0, 0.1) is 6.92 Å². The van der Waals surface area contributed by atoms with Crippen LogP contribution in [0.15, 0.2) is 52.3 Å². The second-order valence-electron chi connectivity index (χ2n) is 5.57. The summed E-state index contributed by atoms with van der Waals surface area (Å²) in [6, 6.07) is 11.7. The number of ether oxygens (including phenoxy) is 1. The number of thioether (sulfide) groups is 1. The van der Waals surface area contributed by atoms with Crippen LogP contribution in [0.2, 0.25) is 0 Å².